The van der Waals surface area contributed by atoms with Gasteiger partial charge in [0.05, 0.1) is 30.0 Å². The zero-order valence-electron chi connectivity index (χ0n) is 18.6. The standard InChI is InChI=1S/C26H24FN3O4/c1-34-19-8-6-7-17(13-19)15-28-26(33)20-9-2-4-11-22(20)29-25(32)18-14-24(31)30(16-18)23-12-5-3-10-21(23)27/h2-13,18H,14-16H2,1H3,(H,28,33)(H,29,32)/t18-/m1/s1. The van der Waals surface area contributed by atoms with Crippen molar-refractivity contribution in [3.05, 3.63) is 89.7 Å². The molecule has 3 amide bonds. The van der Waals surface area contributed by atoms with E-state index in [4.69, 9.17) is 4.74 Å². The number of hydrogen-bond acceptors (Lipinski definition) is 4. The number of halogens is 1. The van der Waals surface area contributed by atoms with Crippen molar-refractivity contribution in [3.8, 4) is 5.75 Å². The summed E-state index contributed by atoms with van der Waals surface area (Å²) in [5, 5.41) is 5.61. The third kappa shape index (κ3) is 5.06. The summed E-state index contributed by atoms with van der Waals surface area (Å²) in [5.74, 6) is -1.58. The van der Waals surface area contributed by atoms with Crippen LogP contribution in [0.1, 0.15) is 22.3 Å². The van der Waals surface area contributed by atoms with Gasteiger partial charge >= 0.3 is 0 Å². The van der Waals surface area contributed by atoms with Gasteiger partial charge in [0.15, 0.2) is 0 Å². The molecule has 1 atom stereocenters. The lowest BCUT2D eigenvalue weighted by molar-refractivity contribution is -0.122. The lowest BCUT2D eigenvalue weighted by Crippen LogP contribution is -2.30. The first-order chi connectivity index (χ1) is 16.5. The highest BCUT2D eigenvalue weighted by atomic mass is 19.1. The number of nitrogens with zero attached hydrogens (tertiary/aromatic N) is 1. The molecule has 0 aliphatic carbocycles. The molecule has 174 valence electrons. The number of benzene rings is 3. The highest BCUT2D eigenvalue weighted by molar-refractivity contribution is 6.07. The van der Waals surface area contributed by atoms with Crippen molar-refractivity contribution < 1.29 is 23.5 Å². The largest absolute Gasteiger partial charge is 0.497 e. The molecule has 3 aromatic rings. The van der Waals surface area contributed by atoms with Crippen molar-refractivity contribution in [2.45, 2.75) is 13.0 Å². The Morgan fingerprint density at radius 3 is 2.62 bits per heavy atom. The summed E-state index contributed by atoms with van der Waals surface area (Å²) in [6.07, 6.45) is -0.0373. The summed E-state index contributed by atoms with van der Waals surface area (Å²) in [6.45, 7) is 0.350. The third-order valence-electron chi connectivity index (χ3n) is 5.66. The molecule has 1 heterocycles. The number of carbonyl (C=O) groups is 3. The summed E-state index contributed by atoms with van der Waals surface area (Å²) in [4.78, 5) is 39.5. The van der Waals surface area contributed by atoms with Crippen LogP contribution < -0.4 is 20.3 Å². The van der Waals surface area contributed by atoms with Crippen LogP contribution in [-0.2, 0) is 16.1 Å². The Hall–Kier alpha value is -4.20. The molecule has 0 aromatic heterocycles. The van der Waals surface area contributed by atoms with Gasteiger partial charge in [-0.15, -0.1) is 0 Å². The van der Waals surface area contributed by atoms with Gasteiger partial charge in [-0.25, -0.2) is 4.39 Å². The van der Waals surface area contributed by atoms with Gasteiger partial charge in [0, 0.05) is 19.5 Å². The molecular weight excluding hydrogens is 437 g/mol. The average molecular weight is 461 g/mol. The lowest BCUT2D eigenvalue weighted by Gasteiger charge is -2.17. The number of para-hydroxylation sites is 2. The molecule has 0 spiro atoms. The van der Waals surface area contributed by atoms with E-state index in [1.807, 2.05) is 24.3 Å². The van der Waals surface area contributed by atoms with Gasteiger partial charge in [-0.1, -0.05) is 36.4 Å². The van der Waals surface area contributed by atoms with Crippen molar-refractivity contribution in [2.24, 2.45) is 5.92 Å². The second-order valence-electron chi connectivity index (χ2n) is 7.93. The predicted octanol–water partition coefficient (Wildman–Crippen LogP) is 3.76. The van der Waals surface area contributed by atoms with E-state index in [0.717, 1.165) is 5.56 Å². The Kier molecular flexibility index (Phi) is 6.87. The topological polar surface area (TPSA) is 87.7 Å². The van der Waals surface area contributed by atoms with E-state index in [1.54, 1.807) is 43.5 Å². The fourth-order valence-electron chi connectivity index (χ4n) is 3.87. The number of anilines is 2. The number of ether oxygens (including phenoxy) is 1. The quantitative estimate of drug-likeness (QED) is 0.561. The van der Waals surface area contributed by atoms with Crippen LogP contribution in [-0.4, -0.2) is 31.4 Å². The van der Waals surface area contributed by atoms with Crippen molar-refractivity contribution >= 4 is 29.1 Å². The van der Waals surface area contributed by atoms with Crippen molar-refractivity contribution in [3.63, 3.8) is 0 Å². The highest BCUT2D eigenvalue weighted by Gasteiger charge is 2.36. The monoisotopic (exact) mass is 461 g/mol. The number of carbonyl (C=O) groups excluding carboxylic acids is 3. The van der Waals surface area contributed by atoms with Gasteiger partial charge in [-0.2, -0.15) is 0 Å². The minimum Gasteiger partial charge on any atom is -0.497 e. The van der Waals surface area contributed by atoms with E-state index in [-0.39, 0.29) is 37.0 Å². The summed E-state index contributed by atoms with van der Waals surface area (Å²) >= 11 is 0. The van der Waals surface area contributed by atoms with Crippen LogP contribution in [0.2, 0.25) is 0 Å². The van der Waals surface area contributed by atoms with E-state index in [1.165, 1.54) is 17.0 Å². The van der Waals surface area contributed by atoms with E-state index in [2.05, 4.69) is 10.6 Å². The molecule has 3 aromatic carbocycles. The summed E-state index contributed by atoms with van der Waals surface area (Å²) in [6, 6.07) is 20.0. The zero-order chi connectivity index (χ0) is 24.1. The van der Waals surface area contributed by atoms with Crippen LogP contribution in [0, 0.1) is 11.7 Å². The highest BCUT2D eigenvalue weighted by Crippen LogP contribution is 2.28. The van der Waals surface area contributed by atoms with E-state index in [9.17, 15) is 18.8 Å². The Bertz CT molecular complexity index is 1230. The molecule has 2 N–H and O–H groups in total. The molecule has 1 aliphatic heterocycles. The molecule has 7 nitrogen and oxygen atoms in total. The number of hydrogen-bond donors (Lipinski definition) is 2. The molecule has 1 aliphatic rings. The Morgan fingerprint density at radius 1 is 1.06 bits per heavy atom. The van der Waals surface area contributed by atoms with Crippen LogP contribution in [0.3, 0.4) is 0 Å². The summed E-state index contributed by atoms with van der Waals surface area (Å²) in [7, 11) is 1.57. The number of nitrogens with one attached hydrogen (secondary N) is 2. The van der Waals surface area contributed by atoms with Gasteiger partial charge < -0.3 is 20.3 Å². The summed E-state index contributed by atoms with van der Waals surface area (Å²) < 4.78 is 19.3. The third-order valence-corrected chi connectivity index (χ3v) is 5.66. The number of methoxy groups -OCH3 is 1. The molecule has 1 saturated heterocycles. The Balaban J connectivity index is 1.42. The molecule has 0 radical (unpaired) electrons. The second-order valence-corrected chi connectivity index (χ2v) is 7.93. The van der Waals surface area contributed by atoms with E-state index < -0.39 is 17.6 Å². The van der Waals surface area contributed by atoms with Gasteiger partial charge in [-0.05, 0) is 42.0 Å². The molecule has 34 heavy (non-hydrogen) atoms. The van der Waals surface area contributed by atoms with Crippen molar-refractivity contribution in [2.75, 3.05) is 23.9 Å². The van der Waals surface area contributed by atoms with Crippen molar-refractivity contribution in [1.29, 1.82) is 0 Å². The minimum absolute atomic E-state index is 0.0373. The van der Waals surface area contributed by atoms with E-state index in [0.29, 0.717) is 17.0 Å². The molecule has 1 fully saturated rings. The molecule has 0 bridgehead atoms. The van der Waals surface area contributed by atoms with Gasteiger partial charge in [0.2, 0.25) is 11.8 Å². The van der Waals surface area contributed by atoms with Crippen LogP contribution in [0.25, 0.3) is 0 Å². The van der Waals surface area contributed by atoms with E-state index >= 15 is 0 Å². The molecule has 4 rings (SSSR count). The minimum atomic E-state index is -0.667. The molecule has 8 heteroatoms. The first-order valence-corrected chi connectivity index (χ1v) is 10.8. The van der Waals surface area contributed by atoms with Gasteiger partial charge in [-0.3, -0.25) is 14.4 Å². The lowest BCUT2D eigenvalue weighted by atomic mass is 10.1. The normalized spacial score (nSPS) is 15.2. The number of amides is 3. The predicted molar refractivity (Wildman–Crippen MR) is 126 cm³/mol. The Labute approximate surface area is 196 Å². The first-order valence-electron chi connectivity index (χ1n) is 10.8. The maximum Gasteiger partial charge on any atom is 0.253 e. The van der Waals surface area contributed by atoms with Crippen molar-refractivity contribution in [1.82, 2.24) is 5.32 Å². The fraction of sp³-hybridized carbons (Fsp3) is 0.192. The maximum atomic E-state index is 14.1. The summed E-state index contributed by atoms with van der Waals surface area (Å²) in [5.41, 5.74) is 1.66. The fourth-order valence-corrected chi connectivity index (χ4v) is 3.87. The molecule has 0 unspecified atom stereocenters. The molecule has 0 saturated carbocycles. The van der Waals surface area contributed by atoms with Crippen LogP contribution in [0.4, 0.5) is 15.8 Å². The van der Waals surface area contributed by atoms with Crippen LogP contribution in [0.15, 0.2) is 72.8 Å². The number of rotatable bonds is 7. The van der Waals surface area contributed by atoms with Gasteiger partial charge in [0.25, 0.3) is 5.91 Å². The van der Waals surface area contributed by atoms with Crippen LogP contribution in [0.5, 0.6) is 5.75 Å². The smallest absolute Gasteiger partial charge is 0.253 e. The Morgan fingerprint density at radius 2 is 1.82 bits per heavy atom. The zero-order valence-corrected chi connectivity index (χ0v) is 18.6. The average Bonchev–Trinajstić information content (AvgIpc) is 3.24. The maximum absolute atomic E-state index is 14.1. The second kappa shape index (κ2) is 10.2. The SMILES string of the molecule is COc1cccc(CNC(=O)c2ccccc2NC(=O)[C@@H]2CC(=O)N(c3ccccc3F)C2)c1. The van der Waals surface area contributed by atoms with Gasteiger partial charge in [0.1, 0.15) is 11.6 Å². The molecular formula is C26H24FN3O4. The van der Waals surface area contributed by atoms with Crippen LogP contribution >= 0.6 is 0 Å². The first kappa shape index (κ1) is 23.0.